The lowest BCUT2D eigenvalue weighted by Crippen LogP contribution is -2.58. The van der Waals surface area contributed by atoms with Crippen LogP contribution in [-0.4, -0.2) is 42.6 Å². The van der Waals surface area contributed by atoms with Gasteiger partial charge >= 0.3 is 0 Å². The van der Waals surface area contributed by atoms with E-state index in [0.29, 0.717) is 11.1 Å². The first-order valence-electron chi connectivity index (χ1n) is 6.93. The van der Waals surface area contributed by atoms with Crippen LogP contribution in [0.25, 0.3) is 0 Å². The topological polar surface area (TPSA) is 19.4 Å². The van der Waals surface area contributed by atoms with Crippen LogP contribution in [0.15, 0.2) is 30.5 Å². The summed E-state index contributed by atoms with van der Waals surface area (Å²) in [4.78, 5) is 8.35. The van der Waals surface area contributed by atoms with Crippen LogP contribution >= 0.6 is 22.9 Å². The van der Waals surface area contributed by atoms with Crippen LogP contribution in [0.1, 0.15) is 5.56 Å². The van der Waals surface area contributed by atoms with Crippen LogP contribution in [0.2, 0.25) is 5.02 Å². The lowest BCUT2D eigenvalue weighted by molar-refractivity contribution is 0.168. The van der Waals surface area contributed by atoms with Crippen molar-refractivity contribution in [3.8, 4) is 11.8 Å². The summed E-state index contributed by atoms with van der Waals surface area (Å²) < 4.78 is 13.0. The van der Waals surface area contributed by atoms with Crippen molar-refractivity contribution < 1.29 is 4.39 Å². The predicted molar refractivity (Wildman–Crippen MR) is 89.0 cm³/mol. The van der Waals surface area contributed by atoms with E-state index in [-0.39, 0.29) is 5.13 Å². The quantitative estimate of drug-likeness (QED) is 0.803. The van der Waals surface area contributed by atoms with E-state index < -0.39 is 0 Å². The van der Waals surface area contributed by atoms with Crippen LogP contribution in [0.5, 0.6) is 0 Å². The van der Waals surface area contributed by atoms with Crippen molar-refractivity contribution in [2.24, 2.45) is 0 Å². The molecule has 1 aliphatic rings. The van der Waals surface area contributed by atoms with Crippen LogP contribution in [0.4, 0.5) is 9.52 Å². The van der Waals surface area contributed by atoms with Crippen molar-refractivity contribution in [3.63, 3.8) is 0 Å². The molecular weight excluding hydrogens is 321 g/mol. The Hall–Kier alpha value is -1.61. The van der Waals surface area contributed by atoms with Gasteiger partial charge in [-0.3, -0.25) is 4.90 Å². The van der Waals surface area contributed by atoms with Gasteiger partial charge in [0.15, 0.2) is 10.3 Å². The molecule has 1 aliphatic heterocycles. The van der Waals surface area contributed by atoms with E-state index in [0.717, 1.165) is 41.7 Å². The van der Waals surface area contributed by atoms with E-state index in [1.807, 2.05) is 36.2 Å². The largest absolute Gasteiger partial charge is 0.346 e. The monoisotopic (exact) mass is 335 g/mol. The molecule has 22 heavy (non-hydrogen) atoms. The fraction of sp³-hybridized carbons (Fsp3) is 0.312. The van der Waals surface area contributed by atoms with Gasteiger partial charge in [0.1, 0.15) is 0 Å². The summed E-state index contributed by atoms with van der Waals surface area (Å²) in [5.74, 6) is 6.27. The first-order chi connectivity index (χ1) is 10.6. The first kappa shape index (κ1) is 15.3. The van der Waals surface area contributed by atoms with Gasteiger partial charge in [0.25, 0.3) is 0 Å². The van der Waals surface area contributed by atoms with Gasteiger partial charge in [-0.1, -0.05) is 40.8 Å². The van der Waals surface area contributed by atoms with Crippen LogP contribution in [0, 0.1) is 17.0 Å². The molecule has 1 fully saturated rings. The predicted octanol–water partition coefficient (Wildman–Crippen LogP) is 3.11. The number of benzene rings is 1. The number of nitrogens with zero attached hydrogens (tertiary/aromatic N) is 3. The maximum atomic E-state index is 13.0. The Morgan fingerprint density at radius 1 is 1.50 bits per heavy atom. The maximum Gasteiger partial charge on any atom is 0.198 e. The third-order valence-corrected chi connectivity index (χ3v) is 4.72. The van der Waals surface area contributed by atoms with Crippen molar-refractivity contribution in [3.05, 3.63) is 46.2 Å². The number of likely N-dealkylation sites (tertiary alicyclic amines) is 1. The number of likely N-dealkylation sites (N-methyl/N-ethyl adjacent to an activating group) is 1. The zero-order valence-electron chi connectivity index (χ0n) is 12.1. The summed E-state index contributed by atoms with van der Waals surface area (Å²) in [6.45, 7) is 2.56. The Morgan fingerprint density at radius 3 is 3.00 bits per heavy atom. The highest BCUT2D eigenvalue weighted by atomic mass is 35.5. The normalized spacial score (nSPS) is 15.0. The zero-order chi connectivity index (χ0) is 15.5. The molecule has 3 nitrogen and oxygen atoms in total. The molecule has 0 saturated carbocycles. The average Bonchev–Trinajstić information content (AvgIpc) is 2.87. The molecule has 2 heterocycles. The average molecular weight is 336 g/mol. The maximum absolute atomic E-state index is 13.0. The number of aromatic nitrogens is 1. The Balaban J connectivity index is 1.48. The number of hydrogen-bond acceptors (Lipinski definition) is 4. The second kappa shape index (κ2) is 6.66. The third kappa shape index (κ3) is 3.58. The third-order valence-electron chi connectivity index (χ3n) is 3.61. The van der Waals surface area contributed by atoms with Gasteiger partial charge in [0, 0.05) is 30.7 Å². The molecule has 2 aromatic rings. The molecule has 0 amide bonds. The molecule has 0 radical (unpaired) electrons. The molecule has 0 N–H and O–H groups in total. The van der Waals surface area contributed by atoms with Crippen molar-refractivity contribution in [1.29, 1.82) is 0 Å². The van der Waals surface area contributed by atoms with Gasteiger partial charge in [0.2, 0.25) is 0 Å². The van der Waals surface area contributed by atoms with Gasteiger partial charge in [0.05, 0.1) is 18.8 Å². The Labute approximate surface area is 138 Å². The van der Waals surface area contributed by atoms with Crippen molar-refractivity contribution in [2.45, 2.75) is 6.04 Å². The number of hydrogen-bond donors (Lipinski definition) is 0. The minimum Gasteiger partial charge on any atom is -0.346 e. The van der Waals surface area contributed by atoms with E-state index in [1.54, 1.807) is 0 Å². The second-order valence-electron chi connectivity index (χ2n) is 5.22. The summed E-state index contributed by atoms with van der Waals surface area (Å²) in [5, 5.41) is 1.19. The molecule has 3 rings (SSSR count). The van der Waals surface area contributed by atoms with Crippen LogP contribution < -0.4 is 4.90 Å². The first-order valence-corrected chi connectivity index (χ1v) is 8.12. The van der Waals surface area contributed by atoms with Crippen molar-refractivity contribution in [1.82, 2.24) is 9.88 Å². The number of halogens is 2. The fourth-order valence-electron chi connectivity index (χ4n) is 2.30. The Kier molecular flexibility index (Phi) is 4.63. The van der Waals surface area contributed by atoms with Crippen LogP contribution in [0.3, 0.4) is 0 Å². The van der Waals surface area contributed by atoms with E-state index in [4.69, 9.17) is 11.6 Å². The molecule has 0 unspecified atom stereocenters. The lowest BCUT2D eigenvalue weighted by Gasteiger charge is -2.43. The number of thiazole rings is 1. The minimum absolute atomic E-state index is 0.245. The van der Waals surface area contributed by atoms with Crippen LogP contribution in [-0.2, 0) is 0 Å². The van der Waals surface area contributed by atoms with Crippen molar-refractivity contribution >= 4 is 28.1 Å². The summed E-state index contributed by atoms with van der Waals surface area (Å²) in [6.07, 6.45) is 1.27. The van der Waals surface area contributed by atoms with E-state index in [2.05, 4.69) is 21.7 Å². The summed E-state index contributed by atoms with van der Waals surface area (Å²) in [5.41, 5.74) is 0.931. The standard InChI is InChI=1S/C16H15ClFN3S/c1-20(16-19-9-15(18)22-16)14-10-21(11-14)7-3-5-12-4-2-6-13(17)8-12/h2,4,6,8-9,14H,7,10-11H2,1H3. The Bertz CT molecular complexity index is 715. The highest BCUT2D eigenvalue weighted by Gasteiger charge is 2.30. The van der Waals surface area contributed by atoms with E-state index in [9.17, 15) is 4.39 Å². The lowest BCUT2D eigenvalue weighted by atomic mass is 10.1. The number of anilines is 1. The summed E-state index contributed by atoms with van der Waals surface area (Å²) in [6, 6.07) is 7.91. The molecule has 0 bridgehead atoms. The Morgan fingerprint density at radius 2 is 2.32 bits per heavy atom. The molecule has 6 heteroatoms. The molecule has 1 saturated heterocycles. The van der Waals surface area contributed by atoms with Crippen molar-refractivity contribution in [2.75, 3.05) is 31.6 Å². The number of rotatable bonds is 3. The van der Waals surface area contributed by atoms with E-state index >= 15 is 0 Å². The fourth-order valence-corrected chi connectivity index (χ4v) is 3.17. The smallest absolute Gasteiger partial charge is 0.198 e. The highest BCUT2D eigenvalue weighted by Crippen LogP contribution is 2.24. The molecule has 114 valence electrons. The van der Waals surface area contributed by atoms with Gasteiger partial charge in [-0.15, -0.1) is 0 Å². The summed E-state index contributed by atoms with van der Waals surface area (Å²) in [7, 11) is 1.96. The molecule has 0 aliphatic carbocycles. The molecule has 1 aromatic carbocycles. The minimum atomic E-state index is -0.245. The van der Waals surface area contributed by atoms with E-state index in [1.165, 1.54) is 6.20 Å². The molecular formula is C16H15ClFN3S. The SMILES string of the molecule is CN(c1ncc(F)s1)C1CN(CC#Cc2cccc(Cl)c2)C1. The molecule has 0 atom stereocenters. The van der Waals surface area contributed by atoms with Gasteiger partial charge in [-0.2, -0.15) is 4.39 Å². The highest BCUT2D eigenvalue weighted by molar-refractivity contribution is 7.14. The van der Waals surface area contributed by atoms with Gasteiger partial charge in [-0.05, 0) is 18.2 Å². The molecule has 0 spiro atoms. The summed E-state index contributed by atoms with van der Waals surface area (Å²) >= 11 is 7.00. The molecule has 1 aromatic heterocycles. The van der Waals surface area contributed by atoms with Gasteiger partial charge in [-0.25, -0.2) is 4.98 Å². The van der Waals surface area contributed by atoms with Gasteiger partial charge < -0.3 is 4.90 Å². The second-order valence-corrected chi connectivity index (χ2v) is 6.61. The zero-order valence-corrected chi connectivity index (χ0v) is 13.7.